The van der Waals surface area contributed by atoms with Crippen LogP contribution in [-0.4, -0.2) is 30.9 Å². The van der Waals surface area contributed by atoms with Gasteiger partial charge in [0.05, 0.1) is 12.7 Å². The number of rotatable bonds is 8. The van der Waals surface area contributed by atoms with Gasteiger partial charge in [0.15, 0.2) is 0 Å². The van der Waals surface area contributed by atoms with Crippen molar-refractivity contribution >= 4 is 12.4 Å². The van der Waals surface area contributed by atoms with Gasteiger partial charge in [-0.05, 0) is 43.5 Å². The molecule has 0 bridgehead atoms. The van der Waals surface area contributed by atoms with Gasteiger partial charge in [0.1, 0.15) is 5.75 Å². The van der Waals surface area contributed by atoms with Gasteiger partial charge in [-0.3, -0.25) is 0 Å². The largest absolute Gasteiger partial charge is 0.494 e. The van der Waals surface area contributed by atoms with Gasteiger partial charge < -0.3 is 15.2 Å². The monoisotopic (exact) mass is 287 g/mol. The van der Waals surface area contributed by atoms with E-state index in [1.165, 1.54) is 0 Å². The summed E-state index contributed by atoms with van der Waals surface area (Å²) >= 11 is 0. The summed E-state index contributed by atoms with van der Waals surface area (Å²) in [6.45, 7) is 8.56. The Kier molecular flexibility index (Phi) is 9.66. The molecule has 1 atom stereocenters. The van der Waals surface area contributed by atoms with Gasteiger partial charge in [0, 0.05) is 6.54 Å². The molecule has 19 heavy (non-hydrogen) atoms. The molecule has 0 fully saturated rings. The Labute approximate surface area is 122 Å². The van der Waals surface area contributed by atoms with E-state index in [-0.39, 0.29) is 18.5 Å². The first-order chi connectivity index (χ1) is 8.61. The van der Waals surface area contributed by atoms with E-state index < -0.39 is 0 Å². The average molecular weight is 288 g/mol. The van der Waals surface area contributed by atoms with Gasteiger partial charge >= 0.3 is 0 Å². The van der Waals surface area contributed by atoms with Crippen molar-refractivity contribution in [3.63, 3.8) is 0 Å². The molecule has 1 unspecified atom stereocenters. The topological polar surface area (TPSA) is 41.5 Å². The van der Waals surface area contributed by atoms with Crippen molar-refractivity contribution in [3.05, 3.63) is 29.8 Å². The summed E-state index contributed by atoms with van der Waals surface area (Å²) in [7, 11) is 0. The van der Waals surface area contributed by atoms with Crippen molar-refractivity contribution in [3.8, 4) is 5.75 Å². The molecule has 110 valence electrons. The fourth-order valence-electron chi connectivity index (χ4n) is 1.77. The van der Waals surface area contributed by atoms with Crippen LogP contribution in [0.1, 0.15) is 26.3 Å². The van der Waals surface area contributed by atoms with Crippen LogP contribution in [0.3, 0.4) is 0 Å². The molecule has 0 saturated heterocycles. The maximum atomic E-state index is 9.89. The standard InChI is InChI=1S/C15H25NO2.ClH/c1-4-18-15-7-5-13(6-8-15)9-14(17)11-16-10-12(2)3;/h5-8,12,14,16-17H,4,9-11H2,1-3H3;1H. The maximum Gasteiger partial charge on any atom is 0.119 e. The first-order valence-corrected chi connectivity index (χ1v) is 6.72. The lowest BCUT2D eigenvalue weighted by molar-refractivity contribution is 0.170. The molecule has 0 spiro atoms. The van der Waals surface area contributed by atoms with Crippen LogP contribution >= 0.6 is 12.4 Å². The second-order valence-corrected chi connectivity index (χ2v) is 4.99. The van der Waals surface area contributed by atoms with Crippen LogP contribution in [0.15, 0.2) is 24.3 Å². The molecule has 0 aliphatic carbocycles. The summed E-state index contributed by atoms with van der Waals surface area (Å²) in [4.78, 5) is 0. The van der Waals surface area contributed by atoms with Gasteiger partial charge in [-0.2, -0.15) is 0 Å². The van der Waals surface area contributed by atoms with Crippen molar-refractivity contribution in [2.75, 3.05) is 19.7 Å². The molecule has 0 aromatic heterocycles. The van der Waals surface area contributed by atoms with Crippen LogP contribution in [0, 0.1) is 5.92 Å². The quantitative estimate of drug-likeness (QED) is 0.772. The van der Waals surface area contributed by atoms with Crippen molar-refractivity contribution in [2.45, 2.75) is 33.3 Å². The molecular weight excluding hydrogens is 262 g/mol. The van der Waals surface area contributed by atoms with Crippen molar-refractivity contribution in [2.24, 2.45) is 5.92 Å². The Balaban J connectivity index is 0.00000324. The Bertz CT molecular complexity index is 327. The smallest absolute Gasteiger partial charge is 0.119 e. The Hall–Kier alpha value is -0.770. The molecule has 0 radical (unpaired) electrons. The van der Waals surface area contributed by atoms with Gasteiger partial charge in [0.2, 0.25) is 0 Å². The second-order valence-electron chi connectivity index (χ2n) is 4.99. The first-order valence-electron chi connectivity index (χ1n) is 6.72. The number of hydrogen-bond acceptors (Lipinski definition) is 3. The lowest BCUT2D eigenvalue weighted by Crippen LogP contribution is -2.30. The highest BCUT2D eigenvalue weighted by molar-refractivity contribution is 5.85. The Morgan fingerprint density at radius 3 is 2.32 bits per heavy atom. The second kappa shape index (κ2) is 10.1. The van der Waals surface area contributed by atoms with Crippen molar-refractivity contribution < 1.29 is 9.84 Å². The lowest BCUT2D eigenvalue weighted by Gasteiger charge is -2.13. The number of nitrogens with one attached hydrogen (secondary N) is 1. The molecule has 1 aromatic carbocycles. The number of hydrogen-bond donors (Lipinski definition) is 2. The molecule has 0 saturated carbocycles. The van der Waals surface area contributed by atoms with Crippen LogP contribution in [0.4, 0.5) is 0 Å². The van der Waals surface area contributed by atoms with Crippen molar-refractivity contribution in [1.29, 1.82) is 0 Å². The molecule has 0 amide bonds. The van der Waals surface area contributed by atoms with E-state index in [4.69, 9.17) is 4.74 Å². The first kappa shape index (κ1) is 18.2. The predicted octanol–water partition coefficient (Wildman–Crippen LogP) is 2.66. The van der Waals surface area contributed by atoms with Crippen molar-refractivity contribution in [1.82, 2.24) is 5.32 Å². The van der Waals surface area contributed by atoms with Crippen LogP contribution < -0.4 is 10.1 Å². The SMILES string of the molecule is CCOc1ccc(CC(O)CNCC(C)C)cc1.Cl. The minimum absolute atomic E-state index is 0. The minimum Gasteiger partial charge on any atom is -0.494 e. The van der Waals surface area contributed by atoms with Crippen LogP contribution in [0.5, 0.6) is 5.75 Å². The molecule has 0 aliphatic heterocycles. The molecule has 4 heteroatoms. The third kappa shape index (κ3) is 8.09. The zero-order chi connectivity index (χ0) is 13.4. The average Bonchev–Trinajstić information content (AvgIpc) is 2.31. The van der Waals surface area contributed by atoms with Gasteiger partial charge in [-0.15, -0.1) is 12.4 Å². The highest BCUT2D eigenvalue weighted by Gasteiger charge is 2.05. The number of aliphatic hydroxyl groups excluding tert-OH is 1. The van der Waals surface area contributed by atoms with E-state index in [2.05, 4.69) is 19.2 Å². The van der Waals surface area contributed by atoms with Gasteiger partial charge in [-0.25, -0.2) is 0 Å². The zero-order valence-electron chi connectivity index (χ0n) is 12.1. The highest BCUT2D eigenvalue weighted by atomic mass is 35.5. The summed E-state index contributed by atoms with van der Waals surface area (Å²) < 4.78 is 5.38. The molecule has 0 aliphatic rings. The molecule has 1 aromatic rings. The van der Waals surface area contributed by atoms with E-state index >= 15 is 0 Å². The van der Waals surface area contributed by atoms with E-state index in [0.29, 0.717) is 25.5 Å². The number of halogens is 1. The lowest BCUT2D eigenvalue weighted by atomic mass is 10.1. The highest BCUT2D eigenvalue weighted by Crippen LogP contribution is 2.13. The summed E-state index contributed by atoms with van der Waals surface area (Å²) in [6, 6.07) is 7.92. The van der Waals surface area contributed by atoms with E-state index in [1.54, 1.807) is 0 Å². The molecule has 1 rings (SSSR count). The molecular formula is C15H26ClNO2. The number of aliphatic hydroxyl groups is 1. The van der Waals surface area contributed by atoms with E-state index in [1.807, 2.05) is 31.2 Å². The Morgan fingerprint density at radius 1 is 1.16 bits per heavy atom. The van der Waals surface area contributed by atoms with Crippen LogP contribution in [-0.2, 0) is 6.42 Å². The number of ether oxygens (including phenoxy) is 1. The predicted molar refractivity (Wildman–Crippen MR) is 82.3 cm³/mol. The Morgan fingerprint density at radius 2 is 1.79 bits per heavy atom. The molecule has 0 heterocycles. The molecule has 2 N–H and O–H groups in total. The minimum atomic E-state index is -0.332. The van der Waals surface area contributed by atoms with Crippen LogP contribution in [0.2, 0.25) is 0 Å². The van der Waals surface area contributed by atoms with E-state index in [0.717, 1.165) is 17.9 Å². The summed E-state index contributed by atoms with van der Waals surface area (Å²) in [5.41, 5.74) is 1.14. The van der Waals surface area contributed by atoms with E-state index in [9.17, 15) is 5.11 Å². The maximum absolute atomic E-state index is 9.89. The number of benzene rings is 1. The van der Waals surface area contributed by atoms with Gasteiger partial charge in [0.25, 0.3) is 0 Å². The van der Waals surface area contributed by atoms with Gasteiger partial charge in [-0.1, -0.05) is 26.0 Å². The fourth-order valence-corrected chi connectivity index (χ4v) is 1.77. The third-order valence-corrected chi connectivity index (χ3v) is 2.64. The summed E-state index contributed by atoms with van der Waals surface area (Å²) in [5.74, 6) is 1.50. The molecule has 3 nitrogen and oxygen atoms in total. The summed E-state index contributed by atoms with van der Waals surface area (Å²) in [5, 5.41) is 13.2. The summed E-state index contributed by atoms with van der Waals surface area (Å²) in [6.07, 6.45) is 0.346. The zero-order valence-corrected chi connectivity index (χ0v) is 12.9. The third-order valence-electron chi connectivity index (χ3n) is 2.64. The normalized spacial score (nSPS) is 12.1. The fraction of sp³-hybridized carbons (Fsp3) is 0.600. The van der Waals surface area contributed by atoms with Crippen LogP contribution in [0.25, 0.3) is 0 Å².